The van der Waals surface area contributed by atoms with Crippen LogP contribution in [0.5, 0.6) is 0 Å². The maximum atomic E-state index is 3.84. The number of likely N-dealkylation sites (N-methyl/N-ethyl adjacent to an activating group) is 1. The molecule has 2 aliphatic rings. The Morgan fingerprint density at radius 2 is 1.58 bits per heavy atom. The van der Waals surface area contributed by atoms with Crippen LogP contribution >= 0.6 is 0 Å². The first-order valence-electron chi connectivity index (χ1n) is 8.64. The second kappa shape index (κ2) is 7.08. The predicted molar refractivity (Wildman–Crippen MR) is 83.5 cm³/mol. The van der Waals surface area contributed by atoms with Gasteiger partial charge in [0.1, 0.15) is 0 Å². The Hall–Kier alpha value is -0.0800. The standard InChI is InChI=1S/C17H34N2/c1-4-18-16(15-11-7-8-12-15)17(2,3)19-13-9-5-6-10-14-19/h15-16,18H,4-14H2,1-3H3. The highest BCUT2D eigenvalue weighted by Crippen LogP contribution is 2.35. The fraction of sp³-hybridized carbons (Fsp3) is 1.00. The normalized spacial score (nSPS) is 25.4. The Morgan fingerprint density at radius 1 is 1.00 bits per heavy atom. The number of likely N-dealkylation sites (tertiary alicyclic amines) is 1. The lowest BCUT2D eigenvalue weighted by Crippen LogP contribution is -2.60. The van der Waals surface area contributed by atoms with Crippen LogP contribution in [0.2, 0.25) is 0 Å². The third-order valence-electron chi connectivity index (χ3n) is 5.48. The molecule has 2 rings (SSSR count). The Morgan fingerprint density at radius 3 is 2.11 bits per heavy atom. The van der Waals surface area contributed by atoms with Crippen LogP contribution in [-0.4, -0.2) is 36.1 Å². The van der Waals surface area contributed by atoms with Gasteiger partial charge in [-0.2, -0.15) is 0 Å². The van der Waals surface area contributed by atoms with Crippen molar-refractivity contribution in [2.45, 2.75) is 83.7 Å². The number of hydrogen-bond acceptors (Lipinski definition) is 2. The molecule has 0 aromatic carbocycles. The highest BCUT2D eigenvalue weighted by Gasteiger charge is 2.40. The van der Waals surface area contributed by atoms with E-state index in [2.05, 4.69) is 31.0 Å². The summed E-state index contributed by atoms with van der Waals surface area (Å²) in [5.74, 6) is 0.901. The van der Waals surface area contributed by atoms with Crippen molar-refractivity contribution in [1.29, 1.82) is 0 Å². The van der Waals surface area contributed by atoms with Gasteiger partial charge in [0.05, 0.1) is 0 Å². The zero-order valence-corrected chi connectivity index (χ0v) is 13.4. The van der Waals surface area contributed by atoms with Crippen LogP contribution in [0.3, 0.4) is 0 Å². The summed E-state index contributed by atoms with van der Waals surface area (Å²) in [6, 6.07) is 0.679. The molecule has 0 radical (unpaired) electrons. The fourth-order valence-electron chi connectivity index (χ4n) is 4.35. The first-order chi connectivity index (χ1) is 9.16. The Labute approximate surface area is 120 Å². The molecule has 2 nitrogen and oxygen atoms in total. The number of nitrogens with one attached hydrogen (secondary N) is 1. The molecule has 0 bridgehead atoms. The Kier molecular flexibility index (Phi) is 5.70. The lowest BCUT2D eigenvalue weighted by atomic mass is 9.81. The summed E-state index contributed by atoms with van der Waals surface area (Å²) in [5.41, 5.74) is 0.315. The molecule has 1 saturated heterocycles. The minimum atomic E-state index is 0.315. The summed E-state index contributed by atoms with van der Waals surface area (Å²) in [6.45, 7) is 11.0. The van der Waals surface area contributed by atoms with Gasteiger partial charge >= 0.3 is 0 Å². The molecule has 2 heteroatoms. The van der Waals surface area contributed by atoms with Gasteiger partial charge in [-0.15, -0.1) is 0 Å². The highest BCUT2D eigenvalue weighted by atomic mass is 15.2. The van der Waals surface area contributed by atoms with Gasteiger partial charge in [-0.3, -0.25) is 4.90 Å². The van der Waals surface area contributed by atoms with Gasteiger partial charge in [-0.25, -0.2) is 0 Å². The smallest absolute Gasteiger partial charge is 0.0308 e. The third kappa shape index (κ3) is 3.72. The average molecular weight is 266 g/mol. The SMILES string of the molecule is CCNC(C1CCCC1)C(C)(C)N1CCCCCC1. The zero-order chi connectivity index (χ0) is 13.7. The highest BCUT2D eigenvalue weighted by molar-refractivity contribution is 4.98. The molecule has 1 N–H and O–H groups in total. The van der Waals surface area contributed by atoms with E-state index in [9.17, 15) is 0 Å². The molecule has 1 saturated carbocycles. The van der Waals surface area contributed by atoms with E-state index < -0.39 is 0 Å². The summed E-state index contributed by atoms with van der Waals surface area (Å²) in [5, 5.41) is 3.84. The second-order valence-corrected chi connectivity index (χ2v) is 7.13. The molecule has 1 atom stereocenters. The van der Waals surface area contributed by atoms with Gasteiger partial charge < -0.3 is 5.32 Å². The van der Waals surface area contributed by atoms with E-state index in [4.69, 9.17) is 0 Å². The van der Waals surface area contributed by atoms with Crippen molar-refractivity contribution in [3.63, 3.8) is 0 Å². The number of nitrogens with zero attached hydrogens (tertiary/aromatic N) is 1. The molecule has 1 unspecified atom stereocenters. The van der Waals surface area contributed by atoms with Crippen molar-refractivity contribution in [3.8, 4) is 0 Å². The van der Waals surface area contributed by atoms with E-state index in [0.29, 0.717) is 11.6 Å². The van der Waals surface area contributed by atoms with Crippen LogP contribution in [0.15, 0.2) is 0 Å². The minimum Gasteiger partial charge on any atom is -0.312 e. The maximum Gasteiger partial charge on any atom is 0.0308 e. The van der Waals surface area contributed by atoms with Crippen molar-refractivity contribution in [1.82, 2.24) is 10.2 Å². The topological polar surface area (TPSA) is 15.3 Å². The van der Waals surface area contributed by atoms with E-state index in [-0.39, 0.29) is 0 Å². The van der Waals surface area contributed by atoms with Gasteiger partial charge in [0.15, 0.2) is 0 Å². The maximum absolute atomic E-state index is 3.84. The first-order valence-corrected chi connectivity index (χ1v) is 8.64. The van der Waals surface area contributed by atoms with Gasteiger partial charge in [0.25, 0.3) is 0 Å². The molecule has 0 spiro atoms. The summed E-state index contributed by atoms with van der Waals surface area (Å²) in [6.07, 6.45) is 11.4. The van der Waals surface area contributed by atoms with Gasteiger partial charge in [-0.05, 0) is 65.1 Å². The quantitative estimate of drug-likeness (QED) is 0.814. The lowest BCUT2D eigenvalue weighted by Gasteiger charge is -2.46. The first kappa shape index (κ1) is 15.3. The van der Waals surface area contributed by atoms with Crippen molar-refractivity contribution in [2.24, 2.45) is 5.92 Å². The number of rotatable bonds is 5. The van der Waals surface area contributed by atoms with Gasteiger partial charge in [0, 0.05) is 11.6 Å². The van der Waals surface area contributed by atoms with E-state index in [1.165, 1.54) is 64.5 Å². The van der Waals surface area contributed by atoms with Crippen molar-refractivity contribution < 1.29 is 0 Å². The van der Waals surface area contributed by atoms with E-state index >= 15 is 0 Å². The molecular weight excluding hydrogens is 232 g/mol. The summed E-state index contributed by atoms with van der Waals surface area (Å²) in [7, 11) is 0. The molecule has 0 amide bonds. The van der Waals surface area contributed by atoms with E-state index in [1.54, 1.807) is 0 Å². The predicted octanol–water partition coefficient (Wildman–Crippen LogP) is 3.81. The molecule has 1 heterocycles. The van der Waals surface area contributed by atoms with Gasteiger partial charge in [-0.1, -0.05) is 32.6 Å². The Bertz CT molecular complexity index is 248. The van der Waals surface area contributed by atoms with Crippen LogP contribution in [-0.2, 0) is 0 Å². The van der Waals surface area contributed by atoms with Crippen molar-refractivity contribution in [3.05, 3.63) is 0 Å². The zero-order valence-electron chi connectivity index (χ0n) is 13.4. The molecular formula is C17H34N2. The molecule has 112 valence electrons. The minimum absolute atomic E-state index is 0.315. The largest absolute Gasteiger partial charge is 0.312 e. The summed E-state index contributed by atoms with van der Waals surface area (Å²) < 4.78 is 0. The van der Waals surface area contributed by atoms with Crippen molar-refractivity contribution >= 4 is 0 Å². The molecule has 0 aromatic heterocycles. The summed E-state index contributed by atoms with van der Waals surface area (Å²) >= 11 is 0. The monoisotopic (exact) mass is 266 g/mol. The average Bonchev–Trinajstić information content (AvgIpc) is 2.76. The van der Waals surface area contributed by atoms with Crippen molar-refractivity contribution in [2.75, 3.05) is 19.6 Å². The van der Waals surface area contributed by atoms with Gasteiger partial charge in [0.2, 0.25) is 0 Å². The molecule has 1 aliphatic heterocycles. The molecule has 1 aliphatic carbocycles. The van der Waals surface area contributed by atoms with Crippen LogP contribution < -0.4 is 5.32 Å². The molecule has 19 heavy (non-hydrogen) atoms. The molecule has 0 aromatic rings. The van der Waals surface area contributed by atoms with Crippen LogP contribution in [0, 0.1) is 5.92 Å². The third-order valence-corrected chi connectivity index (χ3v) is 5.48. The Balaban J connectivity index is 2.07. The lowest BCUT2D eigenvalue weighted by molar-refractivity contribution is 0.0600. The summed E-state index contributed by atoms with van der Waals surface area (Å²) in [4.78, 5) is 2.78. The fourth-order valence-corrected chi connectivity index (χ4v) is 4.35. The number of hydrogen-bond donors (Lipinski definition) is 1. The van der Waals surface area contributed by atoms with E-state index in [0.717, 1.165) is 12.5 Å². The second-order valence-electron chi connectivity index (χ2n) is 7.13. The van der Waals surface area contributed by atoms with Crippen LogP contribution in [0.4, 0.5) is 0 Å². The van der Waals surface area contributed by atoms with Crippen LogP contribution in [0.1, 0.15) is 72.1 Å². The van der Waals surface area contributed by atoms with E-state index in [1.807, 2.05) is 0 Å². The molecule has 2 fully saturated rings. The van der Waals surface area contributed by atoms with Crippen LogP contribution in [0.25, 0.3) is 0 Å².